The number of nitrogens with one attached hydrogen (secondary N) is 1. The minimum absolute atomic E-state index is 0.140. The maximum atomic E-state index is 13.1. The summed E-state index contributed by atoms with van der Waals surface area (Å²) in [4.78, 5) is 20.8. The molecule has 3 N–H and O–H groups in total. The molecule has 0 saturated heterocycles. The van der Waals surface area contributed by atoms with Gasteiger partial charge in [0.25, 0.3) is 0 Å². The number of H-pyrrole nitrogens is 1. The molecule has 5 heteroatoms. The first kappa shape index (κ1) is 18.3. The van der Waals surface area contributed by atoms with Crippen molar-refractivity contribution < 1.29 is 4.79 Å². The van der Waals surface area contributed by atoms with Gasteiger partial charge >= 0.3 is 0 Å². The van der Waals surface area contributed by atoms with Crippen molar-refractivity contribution in [2.24, 2.45) is 11.7 Å². The topological polar surface area (TPSA) is 65.4 Å². The fourth-order valence-electron chi connectivity index (χ4n) is 4.89. The van der Waals surface area contributed by atoms with Crippen LogP contribution in [0.5, 0.6) is 0 Å². The monoisotopic (exact) mass is 366 g/mol. The molecule has 1 aromatic carbocycles. The van der Waals surface area contributed by atoms with Crippen molar-refractivity contribution in [3.8, 4) is 0 Å². The second kappa shape index (κ2) is 6.80. The Kier molecular flexibility index (Phi) is 4.60. The number of carbonyl (C=O) groups excluding carboxylic acids is 1. The van der Waals surface area contributed by atoms with Crippen LogP contribution in [0.4, 0.5) is 0 Å². The van der Waals surface area contributed by atoms with E-state index in [1.54, 1.807) is 0 Å². The summed E-state index contributed by atoms with van der Waals surface area (Å²) >= 11 is 0. The maximum Gasteiger partial charge on any atom is 0.230 e. The van der Waals surface area contributed by atoms with Crippen LogP contribution in [0.2, 0.25) is 0 Å². The van der Waals surface area contributed by atoms with E-state index in [9.17, 15) is 4.79 Å². The SMILES string of the molecule is CCCN1CC(C(=O)N(CC)CC)C=C2c3cccc4[nH]cc(c34)C[C@]21N. The van der Waals surface area contributed by atoms with Crippen LogP contribution in [-0.2, 0) is 11.2 Å². The molecule has 2 aliphatic rings. The summed E-state index contributed by atoms with van der Waals surface area (Å²) in [5, 5.41) is 1.26. The zero-order valence-electron chi connectivity index (χ0n) is 16.6. The van der Waals surface area contributed by atoms with Gasteiger partial charge in [-0.25, -0.2) is 0 Å². The van der Waals surface area contributed by atoms with Crippen LogP contribution in [-0.4, -0.2) is 52.5 Å². The van der Waals surface area contributed by atoms with Crippen molar-refractivity contribution >= 4 is 22.4 Å². The number of rotatable bonds is 5. The van der Waals surface area contributed by atoms with Crippen molar-refractivity contribution in [2.75, 3.05) is 26.2 Å². The highest BCUT2D eigenvalue weighted by molar-refractivity contribution is 6.00. The van der Waals surface area contributed by atoms with Gasteiger partial charge in [-0.3, -0.25) is 9.69 Å². The summed E-state index contributed by atoms with van der Waals surface area (Å²) in [5.41, 5.74) is 11.2. The maximum absolute atomic E-state index is 13.1. The Morgan fingerprint density at radius 3 is 2.81 bits per heavy atom. The van der Waals surface area contributed by atoms with Crippen molar-refractivity contribution in [1.29, 1.82) is 0 Å². The van der Waals surface area contributed by atoms with Crippen molar-refractivity contribution in [3.63, 3.8) is 0 Å². The average Bonchev–Trinajstić information content (AvgIpc) is 3.07. The molecule has 0 radical (unpaired) electrons. The molecule has 1 amide bonds. The molecule has 144 valence electrons. The predicted octanol–water partition coefficient (Wildman–Crippen LogP) is 2.97. The van der Waals surface area contributed by atoms with Crippen molar-refractivity contribution in [2.45, 2.75) is 39.3 Å². The van der Waals surface area contributed by atoms with Crippen LogP contribution in [0.25, 0.3) is 16.5 Å². The summed E-state index contributed by atoms with van der Waals surface area (Å²) in [5.74, 6) is 0.0709. The zero-order valence-corrected chi connectivity index (χ0v) is 16.6. The van der Waals surface area contributed by atoms with Gasteiger partial charge in [-0.2, -0.15) is 0 Å². The lowest BCUT2D eigenvalue weighted by molar-refractivity contribution is -0.134. The number of hydrogen-bond acceptors (Lipinski definition) is 3. The predicted molar refractivity (Wildman–Crippen MR) is 110 cm³/mol. The summed E-state index contributed by atoms with van der Waals surface area (Å²) in [6, 6.07) is 6.34. The molecule has 1 aliphatic heterocycles. The molecular formula is C22H30N4O. The number of nitrogens with two attached hydrogens (primary N) is 1. The molecule has 1 aliphatic carbocycles. The molecule has 1 unspecified atom stereocenters. The first-order chi connectivity index (χ1) is 13.0. The highest BCUT2D eigenvalue weighted by Gasteiger charge is 2.46. The van der Waals surface area contributed by atoms with Crippen LogP contribution < -0.4 is 5.73 Å². The molecule has 2 atom stereocenters. The van der Waals surface area contributed by atoms with Crippen LogP contribution in [0, 0.1) is 5.92 Å². The number of aromatic amines is 1. The Balaban J connectivity index is 1.86. The number of amides is 1. The van der Waals surface area contributed by atoms with E-state index in [-0.39, 0.29) is 11.8 Å². The van der Waals surface area contributed by atoms with E-state index in [0.29, 0.717) is 6.54 Å². The Hall–Kier alpha value is -2.11. The van der Waals surface area contributed by atoms with Crippen molar-refractivity contribution in [3.05, 3.63) is 41.6 Å². The lowest BCUT2D eigenvalue weighted by atomic mass is 9.75. The molecule has 0 bridgehead atoms. The summed E-state index contributed by atoms with van der Waals surface area (Å²) in [7, 11) is 0. The van der Waals surface area contributed by atoms with Gasteiger partial charge in [-0.15, -0.1) is 0 Å². The molecule has 2 aromatic rings. The number of fused-ring (bicyclic) bond motifs is 2. The molecule has 0 saturated carbocycles. The highest BCUT2D eigenvalue weighted by atomic mass is 16.2. The number of nitrogens with zero attached hydrogens (tertiary/aromatic N) is 2. The third-order valence-corrected chi connectivity index (χ3v) is 6.24. The standard InChI is InChI=1S/C22H30N4O/c1-4-10-26-14-15(21(27)25(5-2)6-3)11-18-17-8-7-9-19-20(17)16(13-24-19)12-22(18,26)23/h7-9,11,13,15,24H,4-6,10,12,14,23H2,1-3H3/t15?,22-/m1/s1. The highest BCUT2D eigenvalue weighted by Crippen LogP contribution is 2.45. The van der Waals surface area contributed by atoms with E-state index < -0.39 is 5.66 Å². The second-order valence-corrected chi connectivity index (χ2v) is 7.79. The van der Waals surface area contributed by atoms with Gasteiger partial charge in [0.2, 0.25) is 5.91 Å². The third-order valence-electron chi connectivity index (χ3n) is 6.24. The van der Waals surface area contributed by atoms with Gasteiger partial charge in [-0.05, 0) is 49.6 Å². The summed E-state index contributed by atoms with van der Waals surface area (Å²) < 4.78 is 0. The van der Waals surface area contributed by atoms with Crippen LogP contribution in [0.15, 0.2) is 30.5 Å². The zero-order chi connectivity index (χ0) is 19.2. The number of aromatic nitrogens is 1. The van der Waals surface area contributed by atoms with Crippen LogP contribution >= 0.6 is 0 Å². The van der Waals surface area contributed by atoms with Gasteiger partial charge in [0.15, 0.2) is 0 Å². The normalized spacial score (nSPS) is 24.6. The number of hydrogen-bond donors (Lipinski definition) is 2. The van der Waals surface area contributed by atoms with Gasteiger partial charge in [0.1, 0.15) is 0 Å². The summed E-state index contributed by atoms with van der Waals surface area (Å²) in [6.45, 7) is 9.34. The van der Waals surface area contributed by atoms with E-state index in [1.165, 1.54) is 16.5 Å². The minimum Gasteiger partial charge on any atom is -0.361 e. The molecule has 1 aromatic heterocycles. The summed E-state index contributed by atoms with van der Waals surface area (Å²) in [6.07, 6.45) is 6.05. The molecule has 27 heavy (non-hydrogen) atoms. The van der Waals surface area contributed by atoms with Gasteiger partial charge in [0.05, 0.1) is 11.6 Å². The Labute approximate surface area is 161 Å². The van der Waals surface area contributed by atoms with Gasteiger partial charge in [0, 0.05) is 43.2 Å². The average molecular weight is 367 g/mol. The lowest BCUT2D eigenvalue weighted by Crippen LogP contribution is -2.63. The number of carbonyl (C=O) groups is 1. The van der Waals surface area contributed by atoms with E-state index >= 15 is 0 Å². The minimum atomic E-state index is -0.542. The molecular weight excluding hydrogens is 336 g/mol. The third kappa shape index (κ3) is 2.72. The van der Waals surface area contributed by atoms with E-state index in [0.717, 1.165) is 43.6 Å². The van der Waals surface area contributed by atoms with Crippen molar-refractivity contribution in [1.82, 2.24) is 14.8 Å². The second-order valence-electron chi connectivity index (χ2n) is 7.79. The number of benzene rings is 1. The molecule has 2 heterocycles. The molecule has 5 nitrogen and oxygen atoms in total. The Morgan fingerprint density at radius 1 is 1.33 bits per heavy atom. The van der Waals surface area contributed by atoms with E-state index in [4.69, 9.17) is 5.73 Å². The smallest absolute Gasteiger partial charge is 0.230 e. The first-order valence-electron chi connectivity index (χ1n) is 10.2. The van der Waals surface area contributed by atoms with Gasteiger partial charge in [-0.1, -0.05) is 25.1 Å². The quantitative estimate of drug-likeness (QED) is 0.855. The van der Waals surface area contributed by atoms with E-state index in [2.05, 4.69) is 47.3 Å². The van der Waals surface area contributed by atoms with E-state index in [1.807, 2.05) is 18.7 Å². The Bertz CT molecular complexity index is 895. The van der Waals surface area contributed by atoms with Gasteiger partial charge < -0.3 is 15.6 Å². The van der Waals surface area contributed by atoms with Crippen LogP contribution in [0.3, 0.4) is 0 Å². The molecule has 0 spiro atoms. The fourth-order valence-corrected chi connectivity index (χ4v) is 4.89. The fraction of sp³-hybridized carbons (Fsp3) is 0.500. The first-order valence-corrected chi connectivity index (χ1v) is 10.2. The van der Waals surface area contributed by atoms with Crippen LogP contribution in [0.1, 0.15) is 38.3 Å². The molecule has 4 rings (SSSR count). The Morgan fingerprint density at radius 2 is 2.11 bits per heavy atom. The lowest BCUT2D eigenvalue weighted by Gasteiger charge is -2.49. The largest absolute Gasteiger partial charge is 0.361 e. The molecule has 0 fully saturated rings.